The molecule has 0 unspecified atom stereocenters. The van der Waals surface area contributed by atoms with Crippen molar-refractivity contribution >= 4 is 17.6 Å². The summed E-state index contributed by atoms with van der Waals surface area (Å²) in [6, 6.07) is 14.6. The van der Waals surface area contributed by atoms with E-state index in [2.05, 4.69) is 10.4 Å². The van der Waals surface area contributed by atoms with E-state index in [0.29, 0.717) is 22.9 Å². The Kier molecular flexibility index (Phi) is 7.64. The predicted octanol–water partition coefficient (Wildman–Crippen LogP) is 2.44. The number of benzene rings is 2. The van der Waals surface area contributed by atoms with Crippen LogP contribution in [-0.2, 0) is 9.53 Å². The number of esters is 1. The zero-order chi connectivity index (χ0) is 23.8. The van der Waals surface area contributed by atoms with E-state index in [1.54, 1.807) is 55.5 Å². The molecule has 10 heteroatoms. The molecule has 0 spiro atoms. The molecule has 0 aliphatic heterocycles. The SMILES string of the molecule is CCOC(=O)c1nn(-c2ccccc2)c(=O)cc1OCC(=O)Nc1ccc(OC)cc1OC. The standard InChI is InChI=1S/C23H23N3O7/c1-4-32-23(29)22-19(13-21(28)26(25-22)15-8-6-5-7-9-15)33-14-20(27)24-17-11-10-16(30-2)12-18(17)31-3/h5-13H,4,14H2,1-3H3,(H,24,27). The lowest BCUT2D eigenvalue weighted by atomic mass is 10.2. The second-order valence-corrected chi connectivity index (χ2v) is 6.57. The highest BCUT2D eigenvalue weighted by molar-refractivity contribution is 5.94. The maximum Gasteiger partial charge on any atom is 0.362 e. The van der Waals surface area contributed by atoms with Crippen molar-refractivity contribution in [2.45, 2.75) is 6.92 Å². The van der Waals surface area contributed by atoms with Crippen LogP contribution in [0.25, 0.3) is 5.69 Å². The van der Waals surface area contributed by atoms with Gasteiger partial charge in [0.2, 0.25) is 5.69 Å². The first kappa shape index (κ1) is 23.3. The van der Waals surface area contributed by atoms with Gasteiger partial charge < -0.3 is 24.3 Å². The van der Waals surface area contributed by atoms with Crippen LogP contribution in [0.15, 0.2) is 59.4 Å². The largest absolute Gasteiger partial charge is 0.497 e. The second kappa shape index (κ2) is 10.8. The van der Waals surface area contributed by atoms with Gasteiger partial charge in [-0.25, -0.2) is 4.79 Å². The van der Waals surface area contributed by atoms with Gasteiger partial charge in [0.15, 0.2) is 12.4 Å². The van der Waals surface area contributed by atoms with Crippen LogP contribution in [0.5, 0.6) is 17.2 Å². The highest BCUT2D eigenvalue weighted by Crippen LogP contribution is 2.29. The Morgan fingerprint density at radius 2 is 1.76 bits per heavy atom. The molecule has 0 aliphatic carbocycles. The van der Waals surface area contributed by atoms with E-state index in [1.807, 2.05) is 0 Å². The fraction of sp³-hybridized carbons (Fsp3) is 0.217. The van der Waals surface area contributed by atoms with E-state index in [9.17, 15) is 14.4 Å². The molecule has 0 atom stereocenters. The fourth-order valence-electron chi connectivity index (χ4n) is 2.88. The van der Waals surface area contributed by atoms with Crippen molar-refractivity contribution in [2.75, 3.05) is 32.8 Å². The molecule has 1 amide bonds. The Labute approximate surface area is 189 Å². The number of carbonyl (C=O) groups excluding carboxylic acids is 2. The Morgan fingerprint density at radius 1 is 1.00 bits per heavy atom. The Balaban J connectivity index is 1.82. The van der Waals surface area contributed by atoms with Crippen LogP contribution >= 0.6 is 0 Å². The molecule has 0 aliphatic rings. The molecule has 172 valence electrons. The summed E-state index contributed by atoms with van der Waals surface area (Å²) in [7, 11) is 2.97. The summed E-state index contributed by atoms with van der Waals surface area (Å²) in [6.07, 6.45) is 0. The molecule has 33 heavy (non-hydrogen) atoms. The van der Waals surface area contributed by atoms with Crippen molar-refractivity contribution in [1.82, 2.24) is 9.78 Å². The molecular weight excluding hydrogens is 430 g/mol. The first-order valence-corrected chi connectivity index (χ1v) is 9.98. The van der Waals surface area contributed by atoms with Gasteiger partial charge >= 0.3 is 5.97 Å². The normalized spacial score (nSPS) is 10.3. The summed E-state index contributed by atoms with van der Waals surface area (Å²) in [4.78, 5) is 37.5. The molecule has 0 saturated carbocycles. The smallest absolute Gasteiger partial charge is 0.362 e. The number of methoxy groups -OCH3 is 2. The van der Waals surface area contributed by atoms with Gasteiger partial charge in [0.1, 0.15) is 11.5 Å². The average Bonchev–Trinajstić information content (AvgIpc) is 2.83. The predicted molar refractivity (Wildman–Crippen MR) is 119 cm³/mol. The van der Waals surface area contributed by atoms with Gasteiger partial charge in [-0.15, -0.1) is 0 Å². The lowest BCUT2D eigenvalue weighted by molar-refractivity contribution is -0.118. The maximum atomic E-state index is 12.6. The second-order valence-electron chi connectivity index (χ2n) is 6.57. The molecule has 0 fully saturated rings. The van der Waals surface area contributed by atoms with Gasteiger partial charge in [-0.1, -0.05) is 18.2 Å². The van der Waals surface area contributed by atoms with Crippen LogP contribution in [0.4, 0.5) is 5.69 Å². The Hall–Kier alpha value is -4.34. The summed E-state index contributed by atoms with van der Waals surface area (Å²) < 4.78 is 21.9. The molecule has 0 saturated heterocycles. The summed E-state index contributed by atoms with van der Waals surface area (Å²) in [6.45, 7) is 1.25. The molecule has 1 heterocycles. The van der Waals surface area contributed by atoms with Crippen molar-refractivity contribution in [1.29, 1.82) is 0 Å². The number of para-hydroxylation sites is 1. The minimum absolute atomic E-state index is 0.0994. The first-order valence-electron chi connectivity index (χ1n) is 9.98. The van der Waals surface area contributed by atoms with Gasteiger partial charge in [0, 0.05) is 6.07 Å². The quantitative estimate of drug-likeness (QED) is 0.491. The number of anilines is 1. The van der Waals surface area contributed by atoms with Crippen LogP contribution in [-0.4, -0.2) is 49.1 Å². The van der Waals surface area contributed by atoms with Crippen LogP contribution in [0.2, 0.25) is 0 Å². The topological polar surface area (TPSA) is 118 Å². The molecule has 2 aromatic carbocycles. The highest BCUT2D eigenvalue weighted by Gasteiger charge is 2.21. The number of carbonyl (C=O) groups is 2. The number of ether oxygens (including phenoxy) is 4. The van der Waals surface area contributed by atoms with Crippen LogP contribution in [0.3, 0.4) is 0 Å². The van der Waals surface area contributed by atoms with Crippen molar-refractivity contribution in [2.24, 2.45) is 0 Å². The number of rotatable bonds is 9. The van der Waals surface area contributed by atoms with E-state index in [1.165, 1.54) is 14.2 Å². The number of aromatic nitrogens is 2. The van der Waals surface area contributed by atoms with E-state index in [4.69, 9.17) is 18.9 Å². The minimum Gasteiger partial charge on any atom is -0.497 e. The average molecular weight is 453 g/mol. The Bertz CT molecular complexity index is 1190. The molecule has 1 N–H and O–H groups in total. The summed E-state index contributed by atoms with van der Waals surface area (Å²) in [5.41, 5.74) is 0.0932. The summed E-state index contributed by atoms with van der Waals surface area (Å²) in [5, 5.41) is 6.75. The van der Waals surface area contributed by atoms with Crippen LogP contribution in [0, 0.1) is 0 Å². The third kappa shape index (κ3) is 5.67. The molecular formula is C23H23N3O7. The van der Waals surface area contributed by atoms with E-state index in [-0.39, 0.29) is 18.1 Å². The van der Waals surface area contributed by atoms with Crippen LogP contribution < -0.4 is 25.1 Å². The van der Waals surface area contributed by atoms with Crippen molar-refractivity contribution < 1.29 is 28.5 Å². The van der Waals surface area contributed by atoms with Gasteiger partial charge in [-0.3, -0.25) is 9.59 Å². The number of nitrogens with zero attached hydrogens (tertiary/aromatic N) is 2. The minimum atomic E-state index is -0.783. The van der Waals surface area contributed by atoms with E-state index < -0.39 is 24.0 Å². The van der Waals surface area contributed by atoms with E-state index in [0.717, 1.165) is 10.7 Å². The van der Waals surface area contributed by atoms with Gasteiger partial charge in [0.25, 0.3) is 11.5 Å². The third-order valence-electron chi connectivity index (χ3n) is 4.41. The highest BCUT2D eigenvalue weighted by atomic mass is 16.5. The summed E-state index contributed by atoms with van der Waals surface area (Å²) in [5.74, 6) is -0.537. The van der Waals surface area contributed by atoms with Crippen molar-refractivity contribution in [3.05, 3.63) is 70.6 Å². The van der Waals surface area contributed by atoms with Gasteiger partial charge in [-0.2, -0.15) is 9.78 Å². The molecule has 10 nitrogen and oxygen atoms in total. The molecule has 3 rings (SSSR count). The number of nitrogens with one attached hydrogen (secondary N) is 1. The molecule has 3 aromatic rings. The maximum absolute atomic E-state index is 12.6. The lowest BCUT2D eigenvalue weighted by Crippen LogP contribution is -2.27. The number of hydrogen-bond donors (Lipinski definition) is 1. The van der Waals surface area contributed by atoms with Gasteiger partial charge in [-0.05, 0) is 31.2 Å². The monoisotopic (exact) mass is 453 g/mol. The van der Waals surface area contributed by atoms with Crippen LogP contribution in [0.1, 0.15) is 17.4 Å². The van der Waals surface area contributed by atoms with Crippen molar-refractivity contribution in [3.8, 4) is 22.9 Å². The lowest BCUT2D eigenvalue weighted by Gasteiger charge is -2.14. The molecule has 0 bridgehead atoms. The zero-order valence-corrected chi connectivity index (χ0v) is 18.4. The Morgan fingerprint density at radius 3 is 2.42 bits per heavy atom. The number of hydrogen-bond acceptors (Lipinski definition) is 8. The van der Waals surface area contributed by atoms with E-state index >= 15 is 0 Å². The number of amides is 1. The first-order chi connectivity index (χ1) is 16.0. The fourth-order valence-corrected chi connectivity index (χ4v) is 2.88. The summed E-state index contributed by atoms with van der Waals surface area (Å²) >= 11 is 0. The van der Waals surface area contributed by atoms with Gasteiger partial charge in [0.05, 0.1) is 38.3 Å². The third-order valence-corrected chi connectivity index (χ3v) is 4.41. The molecule has 0 radical (unpaired) electrons. The van der Waals surface area contributed by atoms with Crippen molar-refractivity contribution in [3.63, 3.8) is 0 Å². The zero-order valence-electron chi connectivity index (χ0n) is 18.4. The molecule has 1 aromatic heterocycles.